The number of ether oxygens (including phenoxy) is 1. The van der Waals surface area contributed by atoms with Gasteiger partial charge in [-0.25, -0.2) is 4.98 Å². The van der Waals surface area contributed by atoms with Crippen molar-refractivity contribution < 1.29 is 43.4 Å². The molecule has 8 rings (SSSR count). The number of hydrogen-bond acceptors (Lipinski definition) is 15. The minimum absolute atomic E-state index is 0.128. The summed E-state index contributed by atoms with van der Waals surface area (Å²) < 4.78 is 7.47. The van der Waals surface area contributed by atoms with E-state index in [-0.39, 0.29) is 32.5 Å². The summed E-state index contributed by atoms with van der Waals surface area (Å²) in [4.78, 5) is 110. The lowest BCUT2D eigenvalue weighted by Gasteiger charge is -2.35. The molecule has 2 aromatic carbocycles. The zero-order valence-corrected chi connectivity index (χ0v) is 44.8. The van der Waals surface area contributed by atoms with E-state index in [1.165, 1.54) is 16.2 Å². The molecule has 5 aromatic rings. The van der Waals surface area contributed by atoms with E-state index in [1.807, 2.05) is 44.4 Å². The van der Waals surface area contributed by atoms with Crippen LogP contribution < -0.4 is 31.9 Å². The van der Waals surface area contributed by atoms with Crippen molar-refractivity contribution in [3.8, 4) is 15.4 Å². The second kappa shape index (κ2) is 22.9. The number of benzene rings is 2. The van der Waals surface area contributed by atoms with Gasteiger partial charge in [-0.3, -0.25) is 43.1 Å². The number of aliphatic imine (C=N–C) groups is 1. The van der Waals surface area contributed by atoms with Gasteiger partial charge in [0.25, 0.3) is 0 Å². The minimum atomic E-state index is -1.42. The number of carbonyl (C=O) groups is 7. The quantitative estimate of drug-likeness (QED) is 0.124. The van der Waals surface area contributed by atoms with Crippen molar-refractivity contribution in [2.24, 2.45) is 10.4 Å². The van der Waals surface area contributed by atoms with Crippen molar-refractivity contribution in [3.05, 3.63) is 104 Å². The number of thiophene rings is 1. The van der Waals surface area contributed by atoms with Gasteiger partial charge in [0, 0.05) is 47.1 Å². The van der Waals surface area contributed by atoms with Gasteiger partial charge in [0.1, 0.15) is 47.6 Å². The molecule has 0 aliphatic carbocycles. The molecule has 0 bridgehead atoms. The van der Waals surface area contributed by atoms with Gasteiger partial charge in [0.15, 0.2) is 5.82 Å². The molecule has 3 aliphatic heterocycles. The van der Waals surface area contributed by atoms with Crippen LogP contribution >= 0.6 is 34.3 Å². The molecule has 6 heterocycles. The molecule has 7 N–H and O–H groups in total. The SMILES string of the molecule is Cc1ncsc1-c1ccc([C@H]2NC(=O)[C@@H]3C[C@@H](O)CN3C(=O)[C@H](C(C)(C)C)NC(=O)COCCNC(=O)[C@@H](CNC(=O)C[C@@H]3N=C(c4ccc(Cl)cc4)c4c(sc(C)c4C)-n4c(C)nnc43)NC(=O)CNC2=O)cc1. The number of fused-ring (bicyclic) bond motifs is 4. The number of thiazole rings is 1. The number of nitrogens with one attached hydrogen (secondary N) is 6. The topological polar surface area (TPSA) is 280 Å². The van der Waals surface area contributed by atoms with Crippen LogP contribution in [0.3, 0.4) is 0 Å². The Hall–Kier alpha value is -6.92. The maximum Gasteiger partial charge on any atom is 0.247 e. The highest BCUT2D eigenvalue weighted by Gasteiger charge is 2.45. The first-order chi connectivity index (χ1) is 35.7. The molecule has 0 unspecified atom stereocenters. The van der Waals surface area contributed by atoms with Crippen molar-refractivity contribution in [2.45, 2.75) is 97.6 Å². The molecule has 2 fully saturated rings. The lowest BCUT2D eigenvalue weighted by molar-refractivity contribution is -0.145. The van der Waals surface area contributed by atoms with Gasteiger partial charge in [0.05, 0.1) is 47.5 Å². The third-order valence-corrected chi connectivity index (χ3v) is 15.6. The normalized spacial score (nSPS) is 22.5. The largest absolute Gasteiger partial charge is 0.391 e. The first-order valence-corrected chi connectivity index (χ1v) is 26.4. The van der Waals surface area contributed by atoms with Crippen LogP contribution in [-0.4, -0.2) is 140 Å². The van der Waals surface area contributed by atoms with Crippen LogP contribution in [0.2, 0.25) is 5.02 Å². The standard InChI is InChI=1S/C51H59ClN12O9S2/c1-25-27(3)75-50-40(25)41(29-12-14-32(52)15-13-29)58-34(45-62-61-28(4)64(45)50)19-37(66)54-20-35-46(69)53-16-17-73-23-39(68)59-44(51(5,6)7)49(72)63-22-33(65)18-36(63)47(70)60-42(48(71)55-21-38(67)57-35)30-8-10-31(11-9-30)43-26(2)56-24-74-43/h8-15,24,33-36,42,44,65H,16-23H2,1-7H3,(H,53,69)(H,54,66)(H,55,71)(H,57,67)(H,59,68)(H,60,70)/t33-,34+,35-,36+,42-,44-/m1/s1. The molecule has 7 amide bonds. The Kier molecular flexibility index (Phi) is 16.6. The summed E-state index contributed by atoms with van der Waals surface area (Å²) >= 11 is 9.28. The number of amides is 7. The lowest BCUT2D eigenvalue weighted by atomic mass is 9.85. The Balaban J connectivity index is 1.04. The summed E-state index contributed by atoms with van der Waals surface area (Å²) in [5.41, 5.74) is 6.08. The first-order valence-electron chi connectivity index (χ1n) is 24.3. The Morgan fingerprint density at radius 1 is 0.893 bits per heavy atom. The summed E-state index contributed by atoms with van der Waals surface area (Å²) in [7, 11) is 0. The van der Waals surface area contributed by atoms with E-state index in [0.717, 1.165) is 42.7 Å². The second-order valence-electron chi connectivity index (χ2n) is 19.7. The summed E-state index contributed by atoms with van der Waals surface area (Å²) in [6.07, 6.45) is -1.47. The van der Waals surface area contributed by atoms with Gasteiger partial charge in [-0.15, -0.1) is 32.9 Å². The van der Waals surface area contributed by atoms with E-state index >= 15 is 0 Å². The highest BCUT2D eigenvalue weighted by atomic mass is 35.5. The molecule has 6 atom stereocenters. The fourth-order valence-electron chi connectivity index (χ4n) is 9.12. The molecule has 24 heteroatoms. The summed E-state index contributed by atoms with van der Waals surface area (Å²) in [6, 6.07) is 8.02. The Morgan fingerprint density at radius 3 is 2.31 bits per heavy atom. The third-order valence-electron chi connectivity index (χ3n) is 13.2. The predicted octanol–water partition coefficient (Wildman–Crippen LogP) is 2.84. The van der Waals surface area contributed by atoms with E-state index in [4.69, 9.17) is 21.3 Å². The van der Waals surface area contributed by atoms with Gasteiger partial charge in [-0.1, -0.05) is 68.8 Å². The number of carbonyl (C=O) groups excluding carboxylic acids is 7. The van der Waals surface area contributed by atoms with Gasteiger partial charge >= 0.3 is 0 Å². The van der Waals surface area contributed by atoms with Crippen molar-refractivity contribution in [2.75, 3.05) is 39.4 Å². The molecule has 21 nitrogen and oxygen atoms in total. The maximum atomic E-state index is 14.3. The molecule has 3 aromatic heterocycles. The average molecular weight is 1080 g/mol. The summed E-state index contributed by atoms with van der Waals surface area (Å²) in [5, 5.41) is 37.1. The van der Waals surface area contributed by atoms with Crippen LogP contribution in [-0.2, 0) is 38.3 Å². The van der Waals surface area contributed by atoms with Crippen LogP contribution in [0.1, 0.15) is 90.2 Å². The summed E-state index contributed by atoms with van der Waals surface area (Å²) in [5.74, 6) is -3.90. The number of nitrogens with zero attached hydrogens (tertiary/aromatic N) is 6. The Labute approximate surface area is 445 Å². The molecular weight excluding hydrogens is 1020 g/mol. The van der Waals surface area contributed by atoms with Crippen molar-refractivity contribution in [1.29, 1.82) is 0 Å². The molecule has 0 radical (unpaired) electrons. The van der Waals surface area contributed by atoms with Crippen LogP contribution in [0, 0.1) is 33.1 Å². The highest BCUT2D eigenvalue weighted by molar-refractivity contribution is 7.15. The number of halogens is 1. The van der Waals surface area contributed by atoms with Gasteiger partial charge in [-0.05, 0) is 61.9 Å². The zero-order valence-electron chi connectivity index (χ0n) is 42.4. The number of aryl methyl sites for hydroxylation is 3. The van der Waals surface area contributed by atoms with Crippen molar-refractivity contribution in [3.63, 3.8) is 0 Å². The molecule has 0 spiro atoms. The van der Waals surface area contributed by atoms with E-state index in [2.05, 4.69) is 47.1 Å². The molecular formula is C51H59ClN12O9S2. The minimum Gasteiger partial charge on any atom is -0.391 e. The fourth-order valence-corrected chi connectivity index (χ4v) is 11.3. The summed E-state index contributed by atoms with van der Waals surface area (Å²) in [6.45, 7) is 10.9. The third kappa shape index (κ3) is 12.3. The second-order valence-corrected chi connectivity index (χ2v) is 22.2. The first kappa shape index (κ1) is 54.3. The maximum absolute atomic E-state index is 14.3. The average Bonchev–Trinajstić information content (AvgIpc) is 4.14. The predicted molar refractivity (Wildman–Crippen MR) is 280 cm³/mol. The van der Waals surface area contributed by atoms with Gasteiger partial charge < -0.3 is 46.6 Å². The van der Waals surface area contributed by atoms with Crippen LogP contribution in [0.5, 0.6) is 0 Å². The monoisotopic (exact) mass is 1080 g/mol. The molecule has 75 heavy (non-hydrogen) atoms. The zero-order chi connectivity index (χ0) is 53.9. The molecule has 0 saturated carbocycles. The Bertz CT molecular complexity index is 3040. The molecule has 2 saturated heterocycles. The highest BCUT2D eigenvalue weighted by Crippen LogP contribution is 2.40. The number of rotatable bonds is 7. The van der Waals surface area contributed by atoms with Gasteiger partial charge in [0.2, 0.25) is 41.4 Å². The van der Waals surface area contributed by atoms with E-state index in [9.17, 15) is 38.7 Å². The van der Waals surface area contributed by atoms with Crippen LogP contribution in [0.4, 0.5) is 0 Å². The number of aliphatic hydroxyl groups excluding tert-OH is 1. The number of aliphatic hydroxyl groups is 1. The molecule has 396 valence electrons. The fraction of sp³-hybridized carbons (Fsp3) is 0.431. The smallest absolute Gasteiger partial charge is 0.247 e. The number of aromatic nitrogens is 4. The van der Waals surface area contributed by atoms with E-state index < -0.39 is 103 Å². The van der Waals surface area contributed by atoms with Crippen molar-refractivity contribution >= 4 is 81.3 Å². The molecule has 3 aliphatic rings. The lowest BCUT2D eigenvalue weighted by Crippen LogP contribution is -2.58. The van der Waals surface area contributed by atoms with Crippen LogP contribution in [0.15, 0.2) is 59.0 Å². The van der Waals surface area contributed by atoms with E-state index in [0.29, 0.717) is 27.9 Å². The number of hydrogen-bond donors (Lipinski definition) is 7. The van der Waals surface area contributed by atoms with Gasteiger partial charge in [-0.2, -0.15) is 0 Å². The Morgan fingerprint density at radius 2 is 1.61 bits per heavy atom. The van der Waals surface area contributed by atoms with Crippen molar-refractivity contribution in [1.82, 2.24) is 56.5 Å². The van der Waals surface area contributed by atoms with Crippen LogP contribution in [0.25, 0.3) is 15.4 Å². The van der Waals surface area contributed by atoms with E-state index in [1.54, 1.807) is 74.0 Å².